The zero-order chi connectivity index (χ0) is 17.8. The highest BCUT2D eigenvalue weighted by molar-refractivity contribution is 5.31. The maximum Gasteiger partial charge on any atom is 0.0991 e. The molecule has 0 amide bonds. The molecule has 3 heterocycles. The van der Waals surface area contributed by atoms with Gasteiger partial charge in [-0.25, -0.2) is 0 Å². The lowest BCUT2D eigenvalue weighted by atomic mass is 9.73. The van der Waals surface area contributed by atoms with E-state index in [1.54, 1.807) is 0 Å². The minimum Gasteiger partial charge on any atom is -0.377 e. The number of aromatic nitrogens is 1. The van der Waals surface area contributed by atoms with Crippen molar-refractivity contribution in [2.24, 2.45) is 5.41 Å². The Kier molecular flexibility index (Phi) is 5.01. The van der Waals surface area contributed by atoms with Crippen LogP contribution in [-0.4, -0.2) is 35.7 Å². The van der Waals surface area contributed by atoms with Gasteiger partial charge in [0, 0.05) is 37.5 Å². The molecule has 4 nitrogen and oxygen atoms in total. The molecule has 2 aromatic rings. The number of hydrogen-bond donors (Lipinski definition) is 0. The van der Waals surface area contributed by atoms with Crippen molar-refractivity contribution >= 4 is 0 Å². The number of nitriles is 1. The average molecular weight is 347 g/mol. The molecule has 2 saturated heterocycles. The van der Waals surface area contributed by atoms with E-state index in [0.29, 0.717) is 6.10 Å². The van der Waals surface area contributed by atoms with E-state index in [2.05, 4.69) is 34.2 Å². The van der Waals surface area contributed by atoms with Crippen LogP contribution in [0.25, 0.3) is 0 Å². The Morgan fingerprint density at radius 3 is 2.73 bits per heavy atom. The van der Waals surface area contributed by atoms with Gasteiger partial charge in [-0.3, -0.25) is 9.88 Å². The molecule has 0 aliphatic carbocycles. The summed E-state index contributed by atoms with van der Waals surface area (Å²) >= 11 is 0. The Morgan fingerprint density at radius 1 is 1.23 bits per heavy atom. The summed E-state index contributed by atoms with van der Waals surface area (Å²) in [5, 5.41) is 8.96. The molecular weight excluding hydrogens is 322 g/mol. The summed E-state index contributed by atoms with van der Waals surface area (Å²) in [6.07, 6.45) is 8.79. The zero-order valence-electron chi connectivity index (χ0n) is 15.1. The Labute approximate surface area is 155 Å². The van der Waals surface area contributed by atoms with Crippen molar-refractivity contribution in [2.75, 3.05) is 19.7 Å². The molecule has 134 valence electrons. The quantitative estimate of drug-likeness (QED) is 0.801. The minimum atomic E-state index is 0.258. The van der Waals surface area contributed by atoms with Gasteiger partial charge in [0.15, 0.2) is 0 Å². The zero-order valence-corrected chi connectivity index (χ0v) is 15.1. The van der Waals surface area contributed by atoms with Crippen LogP contribution in [0.1, 0.15) is 36.0 Å². The summed E-state index contributed by atoms with van der Waals surface area (Å²) in [6.45, 7) is 4.11. The lowest BCUT2D eigenvalue weighted by Crippen LogP contribution is -2.46. The van der Waals surface area contributed by atoms with Gasteiger partial charge in [0.1, 0.15) is 0 Å². The lowest BCUT2D eigenvalue weighted by molar-refractivity contribution is -0.126. The smallest absolute Gasteiger partial charge is 0.0991 e. The molecular formula is C22H25N3O. The highest BCUT2D eigenvalue weighted by Gasteiger charge is 2.47. The van der Waals surface area contributed by atoms with Crippen LogP contribution in [-0.2, 0) is 17.7 Å². The molecule has 1 aromatic heterocycles. The highest BCUT2D eigenvalue weighted by atomic mass is 16.5. The second-order valence-corrected chi connectivity index (χ2v) is 7.64. The van der Waals surface area contributed by atoms with Gasteiger partial charge in [-0.2, -0.15) is 5.26 Å². The molecule has 0 N–H and O–H groups in total. The van der Waals surface area contributed by atoms with Crippen molar-refractivity contribution < 1.29 is 4.74 Å². The number of likely N-dealkylation sites (tertiary alicyclic amines) is 1. The van der Waals surface area contributed by atoms with Crippen molar-refractivity contribution in [1.82, 2.24) is 9.88 Å². The molecule has 4 rings (SSSR count). The van der Waals surface area contributed by atoms with Crippen molar-refractivity contribution in [1.29, 1.82) is 5.26 Å². The summed E-state index contributed by atoms with van der Waals surface area (Å²) in [7, 11) is 0. The first-order valence-corrected chi connectivity index (χ1v) is 9.49. The standard InChI is InChI=1S/C22H25N3O/c23-14-19-5-3-18(4-6-19)7-9-22(21-8-13-26-21)10-12-25(17-22)16-20-2-1-11-24-15-20/h1-6,11,15,21H,7-10,12-13,16-17H2/t21?,22-/m0/s1. The summed E-state index contributed by atoms with van der Waals surface area (Å²) in [4.78, 5) is 6.79. The van der Waals surface area contributed by atoms with E-state index in [9.17, 15) is 0 Å². The molecule has 2 atom stereocenters. The van der Waals surface area contributed by atoms with Crippen molar-refractivity contribution in [2.45, 2.75) is 38.3 Å². The van der Waals surface area contributed by atoms with Crippen LogP contribution in [0.5, 0.6) is 0 Å². The summed E-state index contributed by atoms with van der Waals surface area (Å²) in [5.41, 5.74) is 3.58. The summed E-state index contributed by atoms with van der Waals surface area (Å²) < 4.78 is 5.96. The van der Waals surface area contributed by atoms with Crippen LogP contribution >= 0.6 is 0 Å². The Bertz CT molecular complexity index is 764. The van der Waals surface area contributed by atoms with E-state index in [0.717, 1.165) is 44.6 Å². The topological polar surface area (TPSA) is 49.1 Å². The molecule has 2 aliphatic rings. The maximum absolute atomic E-state index is 8.96. The van der Waals surface area contributed by atoms with Gasteiger partial charge >= 0.3 is 0 Å². The predicted molar refractivity (Wildman–Crippen MR) is 100 cm³/mol. The number of benzene rings is 1. The van der Waals surface area contributed by atoms with Crippen molar-refractivity contribution in [3.8, 4) is 6.07 Å². The number of nitrogens with zero attached hydrogens (tertiary/aromatic N) is 3. The monoisotopic (exact) mass is 347 g/mol. The van der Waals surface area contributed by atoms with E-state index in [4.69, 9.17) is 10.00 Å². The first kappa shape index (κ1) is 17.2. The van der Waals surface area contributed by atoms with Gasteiger partial charge in [0.05, 0.1) is 17.7 Å². The van der Waals surface area contributed by atoms with E-state index in [1.807, 2.05) is 30.6 Å². The number of hydrogen-bond acceptors (Lipinski definition) is 4. The van der Waals surface area contributed by atoms with Crippen LogP contribution in [0.3, 0.4) is 0 Å². The molecule has 0 radical (unpaired) electrons. The molecule has 0 bridgehead atoms. The Hall–Kier alpha value is -2.22. The van der Waals surface area contributed by atoms with Crippen LogP contribution in [0, 0.1) is 16.7 Å². The van der Waals surface area contributed by atoms with Crippen molar-refractivity contribution in [3.63, 3.8) is 0 Å². The predicted octanol–water partition coefficient (Wildman–Crippen LogP) is 3.57. The molecule has 1 aromatic carbocycles. The van der Waals surface area contributed by atoms with Gasteiger partial charge in [-0.15, -0.1) is 0 Å². The van der Waals surface area contributed by atoms with Gasteiger partial charge < -0.3 is 4.74 Å². The lowest BCUT2D eigenvalue weighted by Gasteiger charge is -2.43. The van der Waals surface area contributed by atoms with E-state index < -0.39 is 0 Å². The minimum absolute atomic E-state index is 0.258. The SMILES string of the molecule is N#Cc1ccc(CC[C@]2(C3CCO3)CCN(Cc3cccnc3)C2)cc1. The molecule has 2 aliphatic heterocycles. The summed E-state index contributed by atoms with van der Waals surface area (Å²) in [6, 6.07) is 14.4. The Balaban J connectivity index is 1.42. The fraction of sp³-hybridized carbons (Fsp3) is 0.455. The van der Waals surface area contributed by atoms with Crippen LogP contribution in [0.4, 0.5) is 0 Å². The molecule has 4 heteroatoms. The Morgan fingerprint density at radius 2 is 2.08 bits per heavy atom. The first-order chi connectivity index (χ1) is 12.8. The molecule has 0 saturated carbocycles. The van der Waals surface area contributed by atoms with E-state index in [-0.39, 0.29) is 5.41 Å². The number of ether oxygens (including phenoxy) is 1. The fourth-order valence-corrected chi connectivity index (χ4v) is 4.35. The molecule has 2 fully saturated rings. The van der Waals surface area contributed by atoms with Gasteiger partial charge in [-0.1, -0.05) is 18.2 Å². The largest absolute Gasteiger partial charge is 0.377 e. The first-order valence-electron chi connectivity index (χ1n) is 9.49. The third-order valence-electron chi connectivity index (χ3n) is 5.97. The normalized spacial score (nSPS) is 25.6. The molecule has 1 unspecified atom stereocenters. The average Bonchev–Trinajstić information content (AvgIpc) is 3.03. The van der Waals surface area contributed by atoms with Crippen LogP contribution in [0.15, 0.2) is 48.8 Å². The number of rotatable bonds is 6. The maximum atomic E-state index is 8.96. The summed E-state index contributed by atoms with van der Waals surface area (Å²) in [5.74, 6) is 0. The molecule has 26 heavy (non-hydrogen) atoms. The third-order valence-corrected chi connectivity index (χ3v) is 5.97. The number of aryl methyl sites for hydroxylation is 1. The third kappa shape index (κ3) is 3.65. The van der Waals surface area contributed by atoms with Gasteiger partial charge in [0.2, 0.25) is 0 Å². The second kappa shape index (κ2) is 7.57. The fourth-order valence-electron chi connectivity index (χ4n) is 4.35. The highest BCUT2D eigenvalue weighted by Crippen LogP contribution is 2.44. The van der Waals surface area contributed by atoms with Crippen LogP contribution in [0.2, 0.25) is 0 Å². The second-order valence-electron chi connectivity index (χ2n) is 7.64. The van der Waals surface area contributed by atoms with Crippen molar-refractivity contribution in [3.05, 3.63) is 65.5 Å². The number of pyridine rings is 1. The van der Waals surface area contributed by atoms with Crippen LogP contribution < -0.4 is 0 Å². The van der Waals surface area contributed by atoms with E-state index in [1.165, 1.54) is 24.0 Å². The van der Waals surface area contributed by atoms with Gasteiger partial charge in [-0.05, 0) is 61.6 Å². The van der Waals surface area contributed by atoms with E-state index >= 15 is 0 Å². The van der Waals surface area contributed by atoms with Gasteiger partial charge in [0.25, 0.3) is 0 Å². The molecule has 0 spiro atoms.